The fraction of sp³-hybridized carbons (Fsp3) is 0.368. The number of nitro benzene ring substituents is 1. The molecule has 11 nitrogen and oxygen atoms in total. The number of carbonyl (C=O) groups excluding carboxylic acids is 3. The molecule has 2 N–H and O–H groups in total. The molecule has 1 aromatic carbocycles. The third-order valence-corrected chi connectivity index (χ3v) is 5.28. The number of aromatic nitrogens is 2. The summed E-state index contributed by atoms with van der Waals surface area (Å²) < 4.78 is 1.65. The van der Waals surface area contributed by atoms with E-state index < -0.39 is 16.7 Å². The van der Waals surface area contributed by atoms with Crippen LogP contribution in [-0.2, 0) is 24.8 Å². The van der Waals surface area contributed by atoms with Gasteiger partial charge in [0.2, 0.25) is 5.91 Å². The summed E-state index contributed by atoms with van der Waals surface area (Å²) in [4.78, 5) is 48.6. The average Bonchev–Trinajstić information content (AvgIpc) is 3.16. The number of rotatable bonds is 6. The van der Waals surface area contributed by atoms with Gasteiger partial charge in [-0.05, 0) is 12.5 Å². The number of non-ortho nitro benzene ring substituents is 1. The molecular formula is C19H20N6O5. The quantitative estimate of drug-likeness (QED) is 0.410. The molecule has 0 aliphatic carbocycles. The van der Waals surface area contributed by atoms with E-state index in [4.69, 9.17) is 0 Å². The van der Waals surface area contributed by atoms with Gasteiger partial charge in [0, 0.05) is 57.2 Å². The highest BCUT2D eigenvalue weighted by molar-refractivity contribution is 6.21. The zero-order chi connectivity index (χ0) is 21.4. The molecule has 0 bridgehead atoms. The molecule has 3 heterocycles. The van der Waals surface area contributed by atoms with Crippen molar-refractivity contribution in [3.63, 3.8) is 0 Å². The van der Waals surface area contributed by atoms with Gasteiger partial charge in [-0.3, -0.25) is 34.1 Å². The molecular weight excluding hydrogens is 392 g/mol. The van der Waals surface area contributed by atoms with Gasteiger partial charge in [-0.2, -0.15) is 5.10 Å². The Morgan fingerprint density at radius 1 is 1.30 bits per heavy atom. The van der Waals surface area contributed by atoms with Crippen LogP contribution in [0, 0.1) is 10.1 Å². The molecule has 2 aliphatic rings. The monoisotopic (exact) mass is 412 g/mol. The number of carbonyl (C=O) groups is 3. The normalized spacial score (nSPS) is 15.2. The van der Waals surface area contributed by atoms with Gasteiger partial charge in [0.05, 0.1) is 21.7 Å². The first kappa shape index (κ1) is 19.7. The number of amides is 3. The molecule has 0 saturated carbocycles. The van der Waals surface area contributed by atoms with Crippen molar-refractivity contribution in [3.05, 3.63) is 50.7 Å². The fourth-order valence-electron chi connectivity index (χ4n) is 3.77. The van der Waals surface area contributed by atoms with Gasteiger partial charge in [0.25, 0.3) is 17.5 Å². The van der Waals surface area contributed by atoms with Crippen molar-refractivity contribution in [2.75, 3.05) is 18.4 Å². The maximum Gasteiger partial charge on any atom is 0.270 e. The van der Waals surface area contributed by atoms with E-state index >= 15 is 0 Å². The van der Waals surface area contributed by atoms with E-state index in [1.165, 1.54) is 12.1 Å². The minimum absolute atomic E-state index is 0.0210. The van der Waals surface area contributed by atoms with Gasteiger partial charge in [-0.1, -0.05) is 0 Å². The highest BCUT2D eigenvalue weighted by Crippen LogP contribution is 2.27. The fourth-order valence-corrected chi connectivity index (χ4v) is 3.77. The first-order chi connectivity index (χ1) is 14.4. The second-order valence-electron chi connectivity index (χ2n) is 7.22. The van der Waals surface area contributed by atoms with Gasteiger partial charge >= 0.3 is 0 Å². The minimum atomic E-state index is -0.613. The molecule has 1 aromatic heterocycles. The van der Waals surface area contributed by atoms with Crippen LogP contribution >= 0.6 is 0 Å². The number of nitro groups is 1. The van der Waals surface area contributed by atoms with Crippen molar-refractivity contribution < 1.29 is 19.3 Å². The Balaban J connectivity index is 1.36. The Kier molecular flexibility index (Phi) is 5.04. The summed E-state index contributed by atoms with van der Waals surface area (Å²) in [6.07, 6.45) is 1.19. The van der Waals surface area contributed by atoms with Crippen LogP contribution in [0.5, 0.6) is 0 Å². The van der Waals surface area contributed by atoms with E-state index in [1.54, 1.807) is 11.7 Å². The van der Waals surface area contributed by atoms with Crippen LogP contribution in [-0.4, -0.2) is 50.4 Å². The van der Waals surface area contributed by atoms with Crippen LogP contribution in [0.15, 0.2) is 18.2 Å². The number of hydrogen-bond acceptors (Lipinski definition) is 7. The van der Waals surface area contributed by atoms with E-state index in [1.807, 2.05) is 0 Å². The molecule has 0 radical (unpaired) electrons. The molecule has 30 heavy (non-hydrogen) atoms. The molecule has 0 fully saturated rings. The number of nitrogens with zero attached hydrogens (tertiary/aromatic N) is 4. The molecule has 156 valence electrons. The Morgan fingerprint density at radius 3 is 2.83 bits per heavy atom. The van der Waals surface area contributed by atoms with Gasteiger partial charge in [-0.15, -0.1) is 0 Å². The predicted molar refractivity (Wildman–Crippen MR) is 105 cm³/mol. The summed E-state index contributed by atoms with van der Waals surface area (Å²) in [6.45, 7) is 1.54. The Hall–Kier alpha value is -3.60. The summed E-state index contributed by atoms with van der Waals surface area (Å²) in [5.41, 5.74) is 1.85. The summed E-state index contributed by atoms with van der Waals surface area (Å²) >= 11 is 0. The van der Waals surface area contributed by atoms with Crippen molar-refractivity contribution in [3.8, 4) is 0 Å². The van der Waals surface area contributed by atoms with Crippen LogP contribution in [0.4, 0.5) is 11.5 Å². The first-order valence-electron chi connectivity index (χ1n) is 9.56. The lowest BCUT2D eigenvalue weighted by atomic mass is 10.1. The molecule has 11 heteroatoms. The second-order valence-corrected chi connectivity index (χ2v) is 7.22. The largest absolute Gasteiger partial charge is 0.312 e. The molecule has 0 saturated heterocycles. The van der Waals surface area contributed by atoms with Gasteiger partial charge in [0.1, 0.15) is 5.82 Å². The molecule has 0 unspecified atom stereocenters. The third-order valence-electron chi connectivity index (χ3n) is 5.28. The van der Waals surface area contributed by atoms with Crippen LogP contribution in [0.25, 0.3) is 0 Å². The van der Waals surface area contributed by atoms with Crippen LogP contribution < -0.4 is 10.6 Å². The topological polar surface area (TPSA) is 139 Å². The molecule has 0 spiro atoms. The van der Waals surface area contributed by atoms with Crippen molar-refractivity contribution in [1.82, 2.24) is 20.0 Å². The van der Waals surface area contributed by atoms with Gasteiger partial charge in [0.15, 0.2) is 0 Å². The molecule has 0 atom stereocenters. The molecule has 4 rings (SSSR count). The minimum Gasteiger partial charge on any atom is -0.312 e. The maximum atomic E-state index is 12.5. The van der Waals surface area contributed by atoms with Crippen molar-refractivity contribution in [2.45, 2.75) is 25.8 Å². The van der Waals surface area contributed by atoms with Crippen LogP contribution in [0.2, 0.25) is 0 Å². The number of anilines is 1. The highest BCUT2D eigenvalue weighted by atomic mass is 16.6. The Morgan fingerprint density at radius 2 is 2.07 bits per heavy atom. The lowest BCUT2D eigenvalue weighted by Gasteiger charge is -2.15. The zero-order valence-electron chi connectivity index (χ0n) is 16.3. The molecule has 3 amide bonds. The standard InChI is InChI=1S/C19H20N6O5/c1-23-17(14-10-20-7-6-15(14)22-23)21-16(26)3-2-8-24-18(27)12-5-4-11(25(29)30)9-13(12)19(24)28/h4-5,9,20H,2-3,6-8,10H2,1H3,(H,21,26). The third kappa shape index (κ3) is 3.43. The number of imide groups is 1. The first-order valence-corrected chi connectivity index (χ1v) is 9.56. The molecule has 2 aliphatic heterocycles. The number of fused-ring (bicyclic) bond motifs is 2. The van der Waals surface area contributed by atoms with E-state index in [-0.39, 0.29) is 42.1 Å². The average molecular weight is 412 g/mol. The van der Waals surface area contributed by atoms with Crippen LogP contribution in [0.3, 0.4) is 0 Å². The number of nitrogens with one attached hydrogen (secondary N) is 2. The lowest BCUT2D eigenvalue weighted by molar-refractivity contribution is -0.384. The maximum absolute atomic E-state index is 12.5. The number of benzene rings is 1. The Labute approximate surface area is 171 Å². The van der Waals surface area contributed by atoms with Gasteiger partial charge in [-0.25, -0.2) is 0 Å². The van der Waals surface area contributed by atoms with Gasteiger partial charge < -0.3 is 10.6 Å². The smallest absolute Gasteiger partial charge is 0.270 e. The summed E-state index contributed by atoms with van der Waals surface area (Å²) in [5, 5.41) is 21.4. The van der Waals surface area contributed by atoms with Crippen molar-refractivity contribution in [2.24, 2.45) is 7.05 Å². The van der Waals surface area contributed by atoms with E-state index in [2.05, 4.69) is 15.7 Å². The SMILES string of the molecule is Cn1nc2c(c1NC(=O)CCCN1C(=O)c3ccc([N+](=O)[O-])cc3C1=O)CNCC2. The number of hydrogen-bond donors (Lipinski definition) is 2. The molecule has 2 aromatic rings. The second kappa shape index (κ2) is 7.67. The lowest BCUT2D eigenvalue weighted by Crippen LogP contribution is -2.31. The number of aryl methyl sites for hydroxylation is 1. The van der Waals surface area contributed by atoms with Crippen molar-refractivity contribution >= 4 is 29.2 Å². The highest BCUT2D eigenvalue weighted by Gasteiger charge is 2.36. The summed E-state index contributed by atoms with van der Waals surface area (Å²) in [6, 6.07) is 3.60. The zero-order valence-corrected chi connectivity index (χ0v) is 16.3. The van der Waals surface area contributed by atoms with E-state index in [0.717, 1.165) is 35.2 Å². The summed E-state index contributed by atoms with van der Waals surface area (Å²) in [5.74, 6) is -0.670. The van der Waals surface area contributed by atoms with E-state index in [0.29, 0.717) is 12.4 Å². The summed E-state index contributed by atoms with van der Waals surface area (Å²) in [7, 11) is 1.77. The Bertz CT molecular complexity index is 1080. The van der Waals surface area contributed by atoms with Crippen LogP contribution in [0.1, 0.15) is 44.8 Å². The van der Waals surface area contributed by atoms with Crippen molar-refractivity contribution in [1.29, 1.82) is 0 Å². The predicted octanol–water partition coefficient (Wildman–Crippen LogP) is 0.989. The van der Waals surface area contributed by atoms with E-state index in [9.17, 15) is 24.5 Å².